The molecule has 48 heavy (non-hydrogen) atoms. The van der Waals surface area contributed by atoms with Crippen LogP contribution >= 0.6 is 0 Å². The van der Waals surface area contributed by atoms with E-state index in [1.807, 2.05) is 0 Å². The lowest BCUT2D eigenvalue weighted by atomic mass is 9.94. The summed E-state index contributed by atoms with van der Waals surface area (Å²) >= 11 is 0. The zero-order chi connectivity index (χ0) is 34.4. The Balaban J connectivity index is 0.000000510. The van der Waals surface area contributed by atoms with Crippen LogP contribution in [0.1, 0.15) is 69.3 Å². The number of fused-ring (bicyclic) bond motifs is 8. The number of aryl methyl sites for hydroxylation is 3. The average Bonchev–Trinajstić information content (AvgIpc) is 3.47. The van der Waals surface area contributed by atoms with E-state index in [0.29, 0.717) is 0 Å². The minimum atomic E-state index is -0.500. The quantitative estimate of drug-likeness (QED) is 0.176. The Hall–Kier alpha value is -4.69. The number of anilines is 1. The highest BCUT2D eigenvalue weighted by Crippen LogP contribution is 2.40. The molecule has 8 heteroatoms. The van der Waals surface area contributed by atoms with Gasteiger partial charge >= 0.3 is 0 Å². The van der Waals surface area contributed by atoms with E-state index in [9.17, 15) is 0 Å². The fourth-order valence-corrected chi connectivity index (χ4v) is 6.56. The monoisotopic (exact) mass is 648 g/mol. The van der Waals surface area contributed by atoms with Crippen LogP contribution in [-0.4, -0.2) is 56.6 Å². The van der Waals surface area contributed by atoms with Gasteiger partial charge in [0.05, 0.1) is 29.2 Å². The van der Waals surface area contributed by atoms with E-state index >= 15 is 0 Å². The van der Waals surface area contributed by atoms with Crippen molar-refractivity contribution in [3.05, 3.63) is 89.1 Å². The molecule has 3 aromatic carbocycles. The maximum atomic E-state index is 8.52. The maximum absolute atomic E-state index is 8.52. The molecule has 2 aromatic heterocycles. The number of hydrogen-bond donors (Lipinski definition) is 2. The van der Waals surface area contributed by atoms with Crippen molar-refractivity contribution in [3.63, 3.8) is 0 Å². The van der Waals surface area contributed by atoms with Crippen molar-refractivity contribution in [3.8, 4) is 39.4 Å². The third kappa shape index (κ3) is 7.88. The standard InChI is InChI=1S/C35H36N4O.C4H10O.CH2O2/c1-4-28-24(3)36-34-22-31-27-14-10-13-26(20-27)29-15-8-7-12-25(29)11-6-5-9-16-38-17-18-40-33-19-23(2)30(21-32(33)38)35(28)39(34)37-31;1-4(2,3)5;2-1-3/h7-8,10,12-15,19-22H,4-6,9,11,16-18H2,1-3H3;5H,1-3H3;1H,(H,2,3). The van der Waals surface area contributed by atoms with Crippen molar-refractivity contribution in [2.45, 2.75) is 79.2 Å². The average molecular weight is 649 g/mol. The summed E-state index contributed by atoms with van der Waals surface area (Å²) in [6.45, 7) is 14.2. The Morgan fingerprint density at radius 2 is 1.65 bits per heavy atom. The normalized spacial score (nSPS) is 13.9. The first-order valence-electron chi connectivity index (χ1n) is 16.9. The summed E-state index contributed by atoms with van der Waals surface area (Å²) in [4.78, 5) is 15.9. The van der Waals surface area contributed by atoms with Crippen LogP contribution in [0.25, 0.3) is 39.3 Å². The molecule has 0 fully saturated rings. The van der Waals surface area contributed by atoms with Crippen LogP contribution in [0.2, 0.25) is 0 Å². The number of nitrogens with zero attached hydrogens (tertiary/aromatic N) is 4. The fourth-order valence-electron chi connectivity index (χ4n) is 6.56. The largest absolute Gasteiger partial charge is 0.490 e. The van der Waals surface area contributed by atoms with Gasteiger partial charge < -0.3 is 19.8 Å². The second kappa shape index (κ2) is 15.0. The molecule has 5 aromatic rings. The Bertz CT molecular complexity index is 1880. The van der Waals surface area contributed by atoms with Crippen molar-refractivity contribution in [1.82, 2.24) is 14.6 Å². The fraction of sp³-hybridized carbons (Fsp3) is 0.375. The predicted molar refractivity (Wildman–Crippen MR) is 194 cm³/mol. The maximum Gasteiger partial charge on any atom is 0.290 e. The second-order valence-electron chi connectivity index (χ2n) is 13.5. The molecule has 0 spiro atoms. The third-order valence-corrected chi connectivity index (χ3v) is 8.64. The first kappa shape index (κ1) is 34.6. The van der Waals surface area contributed by atoms with Crippen LogP contribution in [0.5, 0.6) is 5.75 Å². The molecule has 4 heterocycles. The van der Waals surface area contributed by atoms with Gasteiger partial charge in [-0.1, -0.05) is 55.8 Å². The van der Waals surface area contributed by atoms with E-state index in [1.54, 1.807) is 20.8 Å². The lowest BCUT2D eigenvalue weighted by Crippen LogP contribution is -2.33. The number of carbonyl (C=O) groups is 1. The van der Waals surface area contributed by atoms with E-state index in [-0.39, 0.29) is 6.47 Å². The van der Waals surface area contributed by atoms with Crippen LogP contribution in [-0.2, 0) is 17.6 Å². The lowest BCUT2D eigenvalue weighted by molar-refractivity contribution is -0.122. The van der Waals surface area contributed by atoms with Crippen molar-refractivity contribution in [2.24, 2.45) is 0 Å². The summed E-state index contributed by atoms with van der Waals surface area (Å²) in [6, 6.07) is 24.4. The molecule has 0 saturated heterocycles. The molecular formula is C40H48N4O4. The van der Waals surface area contributed by atoms with Crippen LogP contribution in [0.15, 0.2) is 66.7 Å². The van der Waals surface area contributed by atoms with Gasteiger partial charge in [-0.25, -0.2) is 9.50 Å². The number of aromatic nitrogens is 3. The number of rotatable bonds is 1. The molecule has 252 valence electrons. The summed E-state index contributed by atoms with van der Waals surface area (Å²) in [5, 5.41) is 20.6. The van der Waals surface area contributed by atoms with Crippen LogP contribution < -0.4 is 9.64 Å². The molecule has 0 saturated carbocycles. The van der Waals surface area contributed by atoms with Crippen molar-refractivity contribution >= 4 is 17.8 Å². The van der Waals surface area contributed by atoms with E-state index in [4.69, 9.17) is 29.8 Å². The number of hydrogen-bond acceptors (Lipinski definition) is 6. The van der Waals surface area contributed by atoms with E-state index in [1.165, 1.54) is 58.3 Å². The molecule has 8 nitrogen and oxygen atoms in total. The van der Waals surface area contributed by atoms with E-state index in [2.05, 4.69) is 96.9 Å². The summed E-state index contributed by atoms with van der Waals surface area (Å²) in [6.07, 6.45) is 5.54. The summed E-state index contributed by atoms with van der Waals surface area (Å²) < 4.78 is 8.25. The van der Waals surface area contributed by atoms with Crippen molar-refractivity contribution in [2.75, 3.05) is 24.6 Å². The number of ether oxygens (including phenoxy) is 1. The molecule has 0 atom stereocenters. The smallest absolute Gasteiger partial charge is 0.290 e. The van der Waals surface area contributed by atoms with Gasteiger partial charge in [0.25, 0.3) is 6.47 Å². The molecular weight excluding hydrogens is 600 g/mol. The minimum absolute atomic E-state index is 0.250. The molecule has 0 amide bonds. The zero-order valence-electron chi connectivity index (χ0n) is 29.1. The highest BCUT2D eigenvalue weighted by atomic mass is 16.5. The molecule has 0 unspecified atom stereocenters. The first-order chi connectivity index (χ1) is 23.0. The highest BCUT2D eigenvalue weighted by Gasteiger charge is 2.24. The highest BCUT2D eigenvalue weighted by molar-refractivity contribution is 5.80. The molecule has 2 aliphatic heterocycles. The number of benzene rings is 3. The molecule has 6 bridgehead atoms. The van der Waals surface area contributed by atoms with Gasteiger partial charge in [0.15, 0.2) is 5.65 Å². The Labute approximate surface area is 284 Å². The zero-order valence-corrected chi connectivity index (χ0v) is 29.1. The van der Waals surface area contributed by atoms with Crippen LogP contribution in [0, 0.1) is 13.8 Å². The second-order valence-corrected chi connectivity index (χ2v) is 13.5. The molecule has 0 radical (unpaired) electrons. The third-order valence-electron chi connectivity index (χ3n) is 8.64. The Kier molecular flexibility index (Phi) is 10.8. The van der Waals surface area contributed by atoms with E-state index in [0.717, 1.165) is 66.6 Å². The SMILES string of the molecule is CC(C)(C)O.CCc1c(C)nc2cc3nn2c1-c1cc2c(cc1C)OCCN2CCCCCc1ccccc1-c1cccc-3c1.O=CO. The predicted octanol–water partition coefficient (Wildman–Crippen LogP) is 8.31. The van der Waals surface area contributed by atoms with Gasteiger partial charge in [0, 0.05) is 29.4 Å². The minimum Gasteiger partial charge on any atom is -0.490 e. The topological polar surface area (TPSA) is 100 Å². The van der Waals surface area contributed by atoms with Crippen molar-refractivity contribution in [1.29, 1.82) is 0 Å². The molecule has 2 aliphatic rings. The Morgan fingerprint density at radius 1 is 0.917 bits per heavy atom. The number of aliphatic hydroxyl groups is 1. The molecule has 0 aliphatic carbocycles. The van der Waals surface area contributed by atoms with Crippen LogP contribution in [0.3, 0.4) is 0 Å². The van der Waals surface area contributed by atoms with Crippen molar-refractivity contribution < 1.29 is 19.7 Å². The lowest BCUT2D eigenvalue weighted by Gasteiger charge is -2.32. The van der Waals surface area contributed by atoms with Gasteiger partial charge in [-0.2, -0.15) is 5.10 Å². The Morgan fingerprint density at radius 3 is 2.40 bits per heavy atom. The van der Waals surface area contributed by atoms with Gasteiger partial charge in [-0.3, -0.25) is 4.79 Å². The van der Waals surface area contributed by atoms with Gasteiger partial charge in [0.1, 0.15) is 12.4 Å². The molecule has 2 N–H and O–H groups in total. The number of carboxylic acid groups (broad SMARTS) is 1. The van der Waals surface area contributed by atoms with Crippen LogP contribution in [0.4, 0.5) is 5.69 Å². The molecule has 7 rings (SSSR count). The van der Waals surface area contributed by atoms with Gasteiger partial charge in [-0.15, -0.1) is 0 Å². The van der Waals surface area contributed by atoms with Gasteiger partial charge in [0.2, 0.25) is 0 Å². The summed E-state index contributed by atoms with van der Waals surface area (Å²) in [5.74, 6) is 0.994. The summed E-state index contributed by atoms with van der Waals surface area (Å²) in [5.41, 5.74) is 13.5. The first-order valence-corrected chi connectivity index (χ1v) is 16.9. The summed E-state index contributed by atoms with van der Waals surface area (Å²) in [7, 11) is 0. The van der Waals surface area contributed by atoms with Gasteiger partial charge in [-0.05, 0) is 106 Å². The van der Waals surface area contributed by atoms with E-state index < -0.39 is 5.60 Å².